The third kappa shape index (κ3) is 10.8. The molecule has 8 heterocycles. The van der Waals surface area contributed by atoms with E-state index in [0.29, 0.717) is 0 Å². The summed E-state index contributed by atoms with van der Waals surface area (Å²) >= 11 is -0.472. The number of H-pyrrole nitrogens is 3. The van der Waals surface area contributed by atoms with Crippen molar-refractivity contribution in [3.8, 4) is 55.6 Å². The minimum atomic E-state index is -0.472. The Hall–Kier alpha value is -6.40. The van der Waals surface area contributed by atoms with Gasteiger partial charge < -0.3 is 9.97 Å². The van der Waals surface area contributed by atoms with Crippen LogP contribution in [0.25, 0.3) is 102 Å². The van der Waals surface area contributed by atoms with Gasteiger partial charge >= 0.3 is 54.8 Å². The number of nitrogens with one attached hydrogen (secondary N) is 3. The van der Waals surface area contributed by atoms with E-state index in [4.69, 9.17) is 28.8 Å². The van der Waals surface area contributed by atoms with Crippen LogP contribution in [0.4, 0.5) is 0 Å². The van der Waals surface area contributed by atoms with Gasteiger partial charge in [0, 0.05) is 81.2 Å². The molecule has 0 atom stereocenters. The fourth-order valence-electron chi connectivity index (χ4n) is 8.22. The molecular weight excluding hydrogens is 1100 g/mol. The van der Waals surface area contributed by atoms with Crippen LogP contribution in [0, 0.1) is 20.8 Å². The predicted molar refractivity (Wildman–Crippen MR) is 271 cm³/mol. The first-order valence-electron chi connectivity index (χ1n) is 21.3. The largest absolute Gasteiger partial charge is 2.00 e. The molecule has 0 saturated carbocycles. The van der Waals surface area contributed by atoms with Crippen LogP contribution in [0.2, 0.25) is 0 Å². The zero-order chi connectivity index (χ0) is 45.4. The normalized spacial score (nSPS) is 11.2. The molecule has 67 heavy (non-hydrogen) atoms. The summed E-state index contributed by atoms with van der Waals surface area (Å²) in [7, 11) is 9.75. The number of hydrogen-bond donors (Lipinski definition) is 2. The third-order valence-corrected chi connectivity index (χ3v) is 11.5. The number of aromatic amines is 3. The van der Waals surface area contributed by atoms with Gasteiger partial charge in [-0.2, -0.15) is 0 Å². The van der Waals surface area contributed by atoms with Gasteiger partial charge in [0.2, 0.25) is 0 Å². The Morgan fingerprint density at radius 2 is 0.672 bits per heavy atom. The number of halogens is 2. The van der Waals surface area contributed by atoms with Gasteiger partial charge in [0.05, 0.1) is 22.8 Å². The summed E-state index contributed by atoms with van der Waals surface area (Å²) in [6.45, 7) is 6.36. The maximum Gasteiger partial charge on any atom is 2.00 e. The molecule has 0 amide bonds. The van der Waals surface area contributed by atoms with Crippen molar-refractivity contribution in [3.63, 3.8) is 0 Å². The molecule has 326 valence electrons. The quantitative estimate of drug-likeness (QED) is 0.168. The second-order valence-electron chi connectivity index (χ2n) is 15.9. The van der Waals surface area contributed by atoms with Crippen molar-refractivity contribution in [2.75, 3.05) is 0 Å². The number of pyridine rings is 3. The summed E-state index contributed by atoms with van der Waals surface area (Å²) in [6, 6.07) is 47.0. The van der Waals surface area contributed by atoms with Crippen LogP contribution in [0.15, 0.2) is 171 Å². The molecule has 6 aromatic heterocycles. The minimum Gasteiger partial charge on any atom is -0.265 e. The Morgan fingerprint density at radius 1 is 0.373 bits per heavy atom. The van der Waals surface area contributed by atoms with Gasteiger partial charge in [0.25, 0.3) is 0 Å². The average Bonchev–Trinajstić information content (AvgIpc) is 4.21. The maximum absolute atomic E-state index is 5.36. The van der Waals surface area contributed by atoms with E-state index in [-0.39, 0.29) is 19.5 Å². The van der Waals surface area contributed by atoms with Gasteiger partial charge in [0.1, 0.15) is 0 Å². The number of rotatable bonds is 5. The van der Waals surface area contributed by atoms with Crippen LogP contribution in [0.1, 0.15) is 39.5 Å². The van der Waals surface area contributed by atoms with Crippen molar-refractivity contribution in [1.29, 1.82) is 0 Å². The monoisotopic (exact) mass is 1140 g/mol. The molecule has 0 fully saturated rings. The molecule has 0 spiro atoms. The van der Waals surface area contributed by atoms with Gasteiger partial charge in [0.15, 0.2) is 12.4 Å². The zero-order valence-corrected chi connectivity index (χ0v) is 43.8. The van der Waals surface area contributed by atoms with Gasteiger partial charge in [-0.25, -0.2) is 15.0 Å². The molecule has 11 rings (SSSR count). The average molecular weight is 1150 g/mol. The van der Waals surface area contributed by atoms with Crippen LogP contribution in [0.3, 0.4) is 0 Å². The number of benzene rings is 3. The molecule has 9 aromatic rings. The first kappa shape index (κ1) is 47.1. The molecule has 3 N–H and O–H groups in total. The molecule has 0 radical (unpaired) electrons. The number of aryl methyl sites for hydroxylation is 3. The molecular formula is C56H44Cl2N7PtZn+3. The summed E-state index contributed by atoms with van der Waals surface area (Å²) in [6.07, 6.45) is 19.5. The molecule has 3 aromatic carbocycles. The van der Waals surface area contributed by atoms with Gasteiger partial charge in [-0.3, -0.25) is 9.97 Å². The van der Waals surface area contributed by atoms with E-state index in [2.05, 4.69) is 167 Å². The van der Waals surface area contributed by atoms with E-state index < -0.39 is 16.5 Å². The smallest absolute Gasteiger partial charge is 0.265 e. The number of hydrogen-bond acceptors (Lipinski definition) is 4. The number of aromatic nitrogens is 7. The van der Waals surface area contributed by atoms with Crippen LogP contribution >= 0.6 is 18.8 Å². The van der Waals surface area contributed by atoms with Crippen molar-refractivity contribution in [2.24, 2.45) is 0 Å². The fourth-order valence-corrected chi connectivity index (χ4v) is 8.22. The van der Waals surface area contributed by atoms with Gasteiger partial charge in [-0.1, -0.05) is 89.5 Å². The Morgan fingerprint density at radius 3 is 1.06 bits per heavy atom. The van der Waals surface area contributed by atoms with Crippen molar-refractivity contribution in [1.82, 2.24) is 29.9 Å². The number of nitrogens with zero attached hydrogens (tertiary/aromatic N) is 4. The zero-order valence-electron chi connectivity index (χ0n) is 37.0. The molecule has 2 aliphatic rings. The van der Waals surface area contributed by atoms with Crippen LogP contribution in [-0.4, -0.2) is 29.9 Å². The second kappa shape index (κ2) is 21.9. The molecule has 11 heteroatoms. The van der Waals surface area contributed by atoms with E-state index >= 15 is 0 Å². The second-order valence-corrected chi connectivity index (χ2v) is 19.2. The SMILES string of the molecule is Cc1ccc(-c2c3nc(c(-c4ccncc4)c4nc(c(-c5ccc(C)cc5)c5ccc([nH]5)c(-c5ccc(C)cc5)c5ccc2[nH]5)C=C4)C=C3)cc1.[Cl][Pt][Cl].[Zn+2].c1cc(-c2cc[nH+]cc2)ccn1. The van der Waals surface area contributed by atoms with Crippen LogP contribution in [-0.2, 0) is 36.0 Å². The van der Waals surface area contributed by atoms with Gasteiger partial charge in [-0.15, -0.1) is 0 Å². The molecule has 8 bridgehead atoms. The molecule has 0 aliphatic carbocycles. The maximum atomic E-state index is 5.36. The molecule has 2 aliphatic heterocycles. The van der Waals surface area contributed by atoms with Gasteiger partial charge in [-0.05, 0) is 127 Å². The summed E-state index contributed by atoms with van der Waals surface area (Å²) in [4.78, 5) is 29.7. The molecule has 0 saturated heterocycles. The Balaban J connectivity index is 0.000000325. The molecule has 0 unspecified atom stereocenters. The minimum absolute atomic E-state index is 0. The van der Waals surface area contributed by atoms with E-state index in [1.54, 1.807) is 12.4 Å². The Bertz CT molecular complexity index is 3170. The van der Waals surface area contributed by atoms with Crippen molar-refractivity contribution in [3.05, 3.63) is 210 Å². The summed E-state index contributed by atoms with van der Waals surface area (Å²) in [5, 5.41) is 0. The van der Waals surface area contributed by atoms with E-state index in [1.165, 1.54) is 27.8 Å². The standard InChI is InChI=1S/C46H35N5.C10H8N2.2ClH.Pt.Zn/c1-28-4-10-31(11-5-28)43-35-16-18-37(48-35)44(32-12-6-29(2)7-13-32)39-20-22-41(50-39)46(34-24-26-47-27-25-34)42-23-21-40(51-42)45(38-19-17-36(43)49-38)33-14-8-30(3)9-15-33;1-5-11-6-2-9(1)10-3-7-12-8-4-10;;;;/h4-27,48-49H,1-3H3;1-8H;2*1H;;/q;;;;2*+2/p-1. The van der Waals surface area contributed by atoms with E-state index in [1.807, 2.05) is 61.2 Å². The first-order chi connectivity index (χ1) is 32.4. The van der Waals surface area contributed by atoms with Crippen LogP contribution < -0.4 is 4.98 Å². The van der Waals surface area contributed by atoms with E-state index in [9.17, 15) is 0 Å². The predicted octanol–water partition coefficient (Wildman–Crippen LogP) is 14.6. The summed E-state index contributed by atoms with van der Waals surface area (Å²) in [5.41, 5.74) is 22.0. The fraction of sp³-hybridized carbons (Fsp3) is 0.0536. The summed E-state index contributed by atoms with van der Waals surface area (Å²) in [5.74, 6) is 0. The first-order valence-corrected chi connectivity index (χ1v) is 27.0. The Kier molecular flexibility index (Phi) is 15.4. The van der Waals surface area contributed by atoms with E-state index in [0.717, 1.165) is 89.4 Å². The topological polar surface area (TPSA) is 97.3 Å². The summed E-state index contributed by atoms with van der Waals surface area (Å²) < 4.78 is 0. The Labute approximate surface area is 419 Å². The van der Waals surface area contributed by atoms with Crippen molar-refractivity contribution in [2.45, 2.75) is 20.8 Å². The van der Waals surface area contributed by atoms with Crippen molar-refractivity contribution < 1.29 is 40.9 Å². The van der Waals surface area contributed by atoms with Crippen LogP contribution in [0.5, 0.6) is 0 Å². The van der Waals surface area contributed by atoms with Crippen molar-refractivity contribution >= 4 is 65.2 Å². The third-order valence-electron chi connectivity index (χ3n) is 11.5. The number of fused-ring (bicyclic) bond motifs is 8. The molecule has 7 nitrogen and oxygen atoms in total.